The normalized spacial score (nSPS) is 19.9. The lowest BCUT2D eigenvalue weighted by Gasteiger charge is -2.32. The van der Waals surface area contributed by atoms with Gasteiger partial charge in [-0.2, -0.15) is 0 Å². The van der Waals surface area contributed by atoms with Crippen LogP contribution in [0.3, 0.4) is 0 Å². The maximum absolute atomic E-state index is 10.9. The van der Waals surface area contributed by atoms with E-state index in [-0.39, 0.29) is 0 Å². The molecule has 20 heavy (non-hydrogen) atoms. The standard InChI is InChI=1S/C13H19BN2O4/c1-8-10(18-11(15)17)6-9(7-16-8)14-19-12(2,3)13(4,5)20-14/h6-7H,1-5H3,(H2,15,17). The van der Waals surface area contributed by atoms with Crippen LogP contribution in [0.15, 0.2) is 12.3 Å². The molecule has 1 aromatic heterocycles. The maximum atomic E-state index is 10.9. The predicted octanol–water partition coefficient (Wildman–Crippen LogP) is 1.15. The highest BCUT2D eigenvalue weighted by Gasteiger charge is 2.51. The molecule has 0 bridgehead atoms. The lowest BCUT2D eigenvalue weighted by molar-refractivity contribution is 0.00578. The Kier molecular flexibility index (Phi) is 3.52. The molecule has 2 rings (SSSR count). The zero-order chi connectivity index (χ0) is 15.1. The van der Waals surface area contributed by atoms with Crippen molar-refractivity contribution in [2.24, 2.45) is 5.73 Å². The number of primary amides is 1. The second kappa shape index (κ2) is 4.75. The van der Waals surface area contributed by atoms with Crippen molar-refractivity contribution in [1.82, 2.24) is 4.98 Å². The molecular formula is C13H19BN2O4. The van der Waals surface area contributed by atoms with Gasteiger partial charge in [-0.3, -0.25) is 4.98 Å². The first-order valence-corrected chi connectivity index (χ1v) is 6.42. The third-order valence-electron chi connectivity index (χ3n) is 3.80. The van der Waals surface area contributed by atoms with E-state index < -0.39 is 24.4 Å². The molecule has 1 aromatic rings. The lowest BCUT2D eigenvalue weighted by Crippen LogP contribution is -2.41. The molecule has 2 heterocycles. The number of aromatic nitrogens is 1. The maximum Gasteiger partial charge on any atom is 0.496 e. The predicted molar refractivity (Wildman–Crippen MR) is 74.9 cm³/mol. The minimum atomic E-state index is -0.874. The van der Waals surface area contributed by atoms with Gasteiger partial charge in [0.1, 0.15) is 0 Å². The number of nitrogens with two attached hydrogens (primary N) is 1. The van der Waals surface area contributed by atoms with Gasteiger partial charge in [-0.25, -0.2) is 4.79 Å². The Morgan fingerprint density at radius 3 is 2.35 bits per heavy atom. The topological polar surface area (TPSA) is 83.7 Å². The van der Waals surface area contributed by atoms with Crippen LogP contribution in [0.1, 0.15) is 33.4 Å². The van der Waals surface area contributed by atoms with Crippen molar-refractivity contribution in [3.8, 4) is 5.75 Å². The fraction of sp³-hybridized carbons (Fsp3) is 0.538. The Morgan fingerprint density at radius 1 is 1.30 bits per heavy atom. The summed E-state index contributed by atoms with van der Waals surface area (Å²) in [5.74, 6) is 0.310. The summed E-state index contributed by atoms with van der Waals surface area (Å²) < 4.78 is 16.7. The highest BCUT2D eigenvalue weighted by Crippen LogP contribution is 2.36. The minimum Gasteiger partial charge on any atom is -0.409 e. The van der Waals surface area contributed by atoms with E-state index in [1.165, 1.54) is 0 Å². The van der Waals surface area contributed by atoms with E-state index in [1.807, 2.05) is 27.7 Å². The second-order valence-electron chi connectivity index (χ2n) is 5.86. The van der Waals surface area contributed by atoms with Gasteiger partial charge in [-0.15, -0.1) is 0 Å². The number of carbonyl (C=O) groups excluding carboxylic acids is 1. The molecule has 0 radical (unpaired) electrons. The largest absolute Gasteiger partial charge is 0.496 e. The number of pyridine rings is 1. The first-order chi connectivity index (χ1) is 9.12. The molecule has 1 aliphatic rings. The minimum absolute atomic E-state index is 0.310. The third-order valence-corrected chi connectivity index (χ3v) is 3.80. The molecule has 6 nitrogen and oxygen atoms in total. The van der Waals surface area contributed by atoms with Gasteiger partial charge in [-0.05, 0) is 40.7 Å². The van der Waals surface area contributed by atoms with E-state index in [9.17, 15) is 4.79 Å². The van der Waals surface area contributed by atoms with Crippen LogP contribution >= 0.6 is 0 Å². The Bertz CT molecular complexity index is 529. The van der Waals surface area contributed by atoms with Gasteiger partial charge in [0, 0.05) is 11.7 Å². The third kappa shape index (κ3) is 2.64. The molecule has 0 unspecified atom stereocenters. The molecule has 1 fully saturated rings. The number of hydrogen-bond acceptors (Lipinski definition) is 5. The highest BCUT2D eigenvalue weighted by molar-refractivity contribution is 6.62. The van der Waals surface area contributed by atoms with E-state index in [1.54, 1.807) is 19.2 Å². The van der Waals surface area contributed by atoms with E-state index in [0.29, 0.717) is 16.9 Å². The van der Waals surface area contributed by atoms with Crippen LogP contribution in [0.4, 0.5) is 4.79 Å². The molecule has 0 aliphatic carbocycles. The summed E-state index contributed by atoms with van der Waals surface area (Å²) >= 11 is 0. The summed E-state index contributed by atoms with van der Waals surface area (Å²) in [6.07, 6.45) is 0.770. The fourth-order valence-electron chi connectivity index (χ4n) is 1.85. The summed E-state index contributed by atoms with van der Waals surface area (Å²) in [7, 11) is -0.552. The van der Waals surface area contributed by atoms with Gasteiger partial charge < -0.3 is 19.8 Å². The Hall–Kier alpha value is -1.60. The van der Waals surface area contributed by atoms with Gasteiger partial charge >= 0.3 is 13.2 Å². The van der Waals surface area contributed by atoms with E-state index in [2.05, 4.69) is 4.98 Å². The van der Waals surface area contributed by atoms with Crippen LogP contribution in [0, 0.1) is 6.92 Å². The van der Waals surface area contributed by atoms with Crippen molar-refractivity contribution in [2.45, 2.75) is 45.8 Å². The van der Waals surface area contributed by atoms with Gasteiger partial charge in [0.05, 0.1) is 16.9 Å². The van der Waals surface area contributed by atoms with Crippen molar-refractivity contribution in [1.29, 1.82) is 0 Å². The number of amides is 1. The van der Waals surface area contributed by atoms with Gasteiger partial charge in [0.2, 0.25) is 0 Å². The summed E-state index contributed by atoms with van der Waals surface area (Å²) in [5.41, 5.74) is 5.42. The molecule has 0 saturated carbocycles. The molecule has 1 aliphatic heterocycles. The number of carbonyl (C=O) groups is 1. The average Bonchev–Trinajstić information content (AvgIpc) is 2.50. The molecular weight excluding hydrogens is 259 g/mol. The number of ether oxygens (including phenoxy) is 1. The van der Waals surface area contributed by atoms with Crippen molar-refractivity contribution < 1.29 is 18.8 Å². The molecule has 0 spiro atoms. The molecule has 0 aromatic carbocycles. The number of nitrogens with zero attached hydrogens (tertiary/aromatic N) is 1. The van der Waals surface area contributed by atoms with E-state index in [4.69, 9.17) is 19.8 Å². The smallest absolute Gasteiger partial charge is 0.409 e. The van der Waals surface area contributed by atoms with Crippen LogP contribution in [0.5, 0.6) is 5.75 Å². The van der Waals surface area contributed by atoms with E-state index >= 15 is 0 Å². The second-order valence-corrected chi connectivity index (χ2v) is 5.86. The van der Waals surface area contributed by atoms with Crippen LogP contribution in [-0.2, 0) is 9.31 Å². The van der Waals surface area contributed by atoms with Crippen LogP contribution < -0.4 is 15.9 Å². The number of rotatable bonds is 2. The average molecular weight is 278 g/mol. The van der Waals surface area contributed by atoms with E-state index in [0.717, 1.165) is 0 Å². The Labute approximate surface area is 118 Å². The SMILES string of the molecule is Cc1ncc(B2OC(C)(C)C(C)(C)O2)cc1OC(N)=O. The van der Waals surface area contributed by atoms with Gasteiger partial charge in [-0.1, -0.05) is 0 Å². The number of hydrogen-bond donors (Lipinski definition) is 1. The first-order valence-electron chi connectivity index (χ1n) is 6.42. The summed E-state index contributed by atoms with van der Waals surface area (Å²) in [6.45, 7) is 9.60. The van der Waals surface area contributed by atoms with Gasteiger partial charge in [0.15, 0.2) is 5.75 Å². The first kappa shape index (κ1) is 14.8. The quantitative estimate of drug-likeness (QED) is 0.820. The zero-order valence-electron chi connectivity index (χ0n) is 12.4. The summed E-state index contributed by atoms with van der Waals surface area (Å²) in [4.78, 5) is 15.0. The molecule has 1 amide bonds. The molecule has 108 valence electrons. The molecule has 1 saturated heterocycles. The molecule has 0 atom stereocenters. The Balaban J connectivity index is 2.29. The summed E-state index contributed by atoms with van der Waals surface area (Å²) in [6, 6.07) is 1.66. The van der Waals surface area contributed by atoms with Crippen LogP contribution in [0.25, 0.3) is 0 Å². The van der Waals surface area contributed by atoms with Crippen molar-refractivity contribution in [3.63, 3.8) is 0 Å². The van der Waals surface area contributed by atoms with Crippen LogP contribution in [0.2, 0.25) is 0 Å². The van der Waals surface area contributed by atoms with Crippen molar-refractivity contribution in [2.75, 3.05) is 0 Å². The van der Waals surface area contributed by atoms with Gasteiger partial charge in [0.25, 0.3) is 0 Å². The molecule has 7 heteroatoms. The number of aryl methyl sites for hydroxylation is 1. The van der Waals surface area contributed by atoms with Crippen molar-refractivity contribution >= 4 is 18.7 Å². The van der Waals surface area contributed by atoms with Crippen molar-refractivity contribution in [3.05, 3.63) is 18.0 Å². The highest BCUT2D eigenvalue weighted by atomic mass is 16.7. The monoisotopic (exact) mass is 278 g/mol. The summed E-state index contributed by atoms with van der Waals surface area (Å²) in [5, 5.41) is 0. The fourth-order valence-corrected chi connectivity index (χ4v) is 1.85. The zero-order valence-corrected chi connectivity index (χ0v) is 12.4. The lowest BCUT2D eigenvalue weighted by atomic mass is 9.80. The molecule has 2 N–H and O–H groups in total. The Morgan fingerprint density at radius 2 is 1.85 bits per heavy atom. The van der Waals surface area contributed by atoms with Crippen LogP contribution in [-0.4, -0.2) is 29.4 Å².